The molecular formula is C28H26N2O4S. The minimum Gasteiger partial charge on any atom is -0.497 e. The summed E-state index contributed by atoms with van der Waals surface area (Å²) in [5, 5.41) is 0.608. The Labute approximate surface area is 209 Å². The van der Waals surface area contributed by atoms with E-state index in [1.165, 1.54) is 18.9 Å². The summed E-state index contributed by atoms with van der Waals surface area (Å²) in [4.78, 5) is 31.6. The first-order chi connectivity index (χ1) is 16.9. The van der Waals surface area contributed by atoms with Gasteiger partial charge in [0.25, 0.3) is 5.91 Å². The van der Waals surface area contributed by atoms with E-state index in [0.717, 1.165) is 33.7 Å². The minimum atomic E-state index is -0.371. The zero-order valence-electron chi connectivity index (χ0n) is 20.1. The summed E-state index contributed by atoms with van der Waals surface area (Å²) in [5.74, 6) is 0.795. The van der Waals surface area contributed by atoms with E-state index in [9.17, 15) is 9.59 Å². The van der Waals surface area contributed by atoms with E-state index in [1.807, 2.05) is 62.4 Å². The molecule has 1 aliphatic heterocycles. The highest BCUT2D eigenvalue weighted by Gasteiger charge is 2.32. The van der Waals surface area contributed by atoms with Crippen LogP contribution in [0.5, 0.6) is 5.75 Å². The van der Waals surface area contributed by atoms with E-state index in [1.54, 1.807) is 30.2 Å². The lowest BCUT2D eigenvalue weighted by atomic mass is 10.1. The highest BCUT2D eigenvalue weighted by Crippen LogP contribution is 2.32. The lowest BCUT2D eigenvalue weighted by Crippen LogP contribution is -2.30. The van der Waals surface area contributed by atoms with Gasteiger partial charge in [0, 0.05) is 5.75 Å². The lowest BCUT2D eigenvalue weighted by Gasteiger charge is -2.19. The molecule has 35 heavy (non-hydrogen) atoms. The Morgan fingerprint density at radius 2 is 1.63 bits per heavy atom. The smallest absolute Gasteiger partial charge is 0.337 e. The molecule has 7 heteroatoms. The zero-order valence-corrected chi connectivity index (χ0v) is 20.9. The number of ether oxygens (including phenoxy) is 2. The van der Waals surface area contributed by atoms with Crippen molar-refractivity contribution in [3.63, 3.8) is 0 Å². The predicted molar refractivity (Wildman–Crippen MR) is 141 cm³/mol. The second kappa shape index (κ2) is 10.6. The van der Waals surface area contributed by atoms with Gasteiger partial charge < -0.3 is 9.47 Å². The summed E-state index contributed by atoms with van der Waals surface area (Å²) < 4.78 is 9.99. The van der Waals surface area contributed by atoms with E-state index in [-0.39, 0.29) is 11.9 Å². The number of aliphatic imine (C=N–C) groups is 1. The number of nitrogens with zero attached hydrogens (tertiary/aromatic N) is 2. The first-order valence-electron chi connectivity index (χ1n) is 11.0. The summed E-state index contributed by atoms with van der Waals surface area (Å²) >= 11 is 1.47. The summed E-state index contributed by atoms with van der Waals surface area (Å²) in [6.45, 7) is 4.02. The van der Waals surface area contributed by atoms with Crippen LogP contribution >= 0.6 is 11.8 Å². The van der Waals surface area contributed by atoms with E-state index in [4.69, 9.17) is 14.5 Å². The molecule has 1 amide bonds. The van der Waals surface area contributed by atoms with Crippen molar-refractivity contribution in [1.29, 1.82) is 0 Å². The molecule has 3 aromatic rings. The monoisotopic (exact) mass is 486 g/mol. The maximum absolute atomic E-state index is 13.5. The number of hydrogen-bond donors (Lipinski definition) is 0. The molecule has 6 nitrogen and oxygen atoms in total. The topological polar surface area (TPSA) is 68.2 Å². The third-order valence-electron chi connectivity index (χ3n) is 5.46. The maximum Gasteiger partial charge on any atom is 0.337 e. The van der Waals surface area contributed by atoms with Gasteiger partial charge in [-0.05, 0) is 78.6 Å². The van der Waals surface area contributed by atoms with Gasteiger partial charge in [-0.3, -0.25) is 9.69 Å². The Hall–Kier alpha value is -3.84. The predicted octanol–water partition coefficient (Wildman–Crippen LogP) is 5.78. The van der Waals surface area contributed by atoms with Gasteiger partial charge in [0.2, 0.25) is 0 Å². The molecule has 1 aliphatic rings. The van der Waals surface area contributed by atoms with Gasteiger partial charge in [0.15, 0.2) is 5.17 Å². The molecule has 0 radical (unpaired) electrons. The van der Waals surface area contributed by atoms with Crippen molar-refractivity contribution in [3.05, 3.63) is 100 Å². The Bertz CT molecular complexity index is 1290. The zero-order chi connectivity index (χ0) is 24.9. The fourth-order valence-electron chi connectivity index (χ4n) is 3.76. The van der Waals surface area contributed by atoms with Crippen molar-refractivity contribution in [2.45, 2.75) is 19.6 Å². The van der Waals surface area contributed by atoms with Crippen molar-refractivity contribution >= 4 is 40.6 Å². The quantitative estimate of drug-likeness (QED) is 0.327. The average molecular weight is 487 g/mol. The number of carbonyl (C=O) groups is 2. The maximum atomic E-state index is 13.5. The number of benzene rings is 3. The number of carbonyl (C=O) groups excluding carboxylic acids is 2. The van der Waals surface area contributed by atoms with E-state index in [0.29, 0.717) is 22.2 Å². The Balaban J connectivity index is 1.63. The molecule has 0 unspecified atom stereocenters. The highest BCUT2D eigenvalue weighted by atomic mass is 32.2. The summed E-state index contributed by atoms with van der Waals surface area (Å²) in [5.41, 5.74) is 5.67. The third kappa shape index (κ3) is 5.63. The molecule has 0 saturated carbocycles. The molecule has 4 rings (SSSR count). The summed E-state index contributed by atoms with van der Waals surface area (Å²) in [6, 6.07) is 20.8. The van der Waals surface area contributed by atoms with Gasteiger partial charge in [-0.25, -0.2) is 9.79 Å². The van der Waals surface area contributed by atoms with Gasteiger partial charge in [0.1, 0.15) is 11.4 Å². The Morgan fingerprint density at radius 1 is 0.971 bits per heavy atom. The molecule has 178 valence electrons. The van der Waals surface area contributed by atoms with Crippen LogP contribution in [0, 0.1) is 13.8 Å². The largest absolute Gasteiger partial charge is 0.497 e. The van der Waals surface area contributed by atoms with Gasteiger partial charge in [-0.15, -0.1) is 0 Å². The van der Waals surface area contributed by atoms with Crippen LogP contribution in [0.15, 0.2) is 77.4 Å². The van der Waals surface area contributed by atoms with Gasteiger partial charge >= 0.3 is 5.97 Å². The molecule has 0 saturated heterocycles. The number of methoxy groups -OCH3 is 2. The number of anilines is 1. The fraction of sp³-hybridized carbons (Fsp3) is 0.179. The van der Waals surface area contributed by atoms with E-state index >= 15 is 0 Å². The molecule has 0 aromatic heterocycles. The number of amides is 1. The molecular weight excluding hydrogens is 460 g/mol. The van der Waals surface area contributed by atoms with E-state index in [2.05, 4.69) is 6.07 Å². The first-order valence-corrected chi connectivity index (χ1v) is 12.0. The molecule has 0 fully saturated rings. The Kier molecular flexibility index (Phi) is 7.36. The number of hydrogen-bond acceptors (Lipinski definition) is 6. The molecule has 0 N–H and O–H groups in total. The van der Waals surface area contributed by atoms with E-state index < -0.39 is 0 Å². The summed E-state index contributed by atoms with van der Waals surface area (Å²) in [7, 11) is 2.98. The summed E-state index contributed by atoms with van der Waals surface area (Å²) in [6.07, 6.45) is 1.79. The molecule has 0 aliphatic carbocycles. The third-order valence-corrected chi connectivity index (χ3v) is 6.47. The van der Waals surface area contributed by atoms with Crippen LogP contribution in [0.25, 0.3) is 6.08 Å². The van der Waals surface area contributed by atoms with Crippen molar-refractivity contribution in [2.75, 3.05) is 19.1 Å². The van der Waals surface area contributed by atoms with Crippen molar-refractivity contribution in [2.24, 2.45) is 4.99 Å². The van der Waals surface area contributed by atoms with Crippen LogP contribution in [0.4, 0.5) is 5.69 Å². The molecule has 0 atom stereocenters. The first kappa shape index (κ1) is 24.3. The van der Waals surface area contributed by atoms with Crippen LogP contribution < -0.4 is 9.64 Å². The van der Waals surface area contributed by atoms with Crippen LogP contribution in [-0.4, -0.2) is 31.3 Å². The van der Waals surface area contributed by atoms with Gasteiger partial charge in [-0.2, -0.15) is 0 Å². The minimum absolute atomic E-state index is 0.172. The second-order valence-electron chi connectivity index (χ2n) is 8.16. The van der Waals surface area contributed by atoms with Crippen molar-refractivity contribution in [3.8, 4) is 5.75 Å². The number of rotatable bonds is 6. The number of amidine groups is 1. The van der Waals surface area contributed by atoms with Crippen molar-refractivity contribution in [1.82, 2.24) is 0 Å². The van der Waals surface area contributed by atoms with Crippen LogP contribution in [0.3, 0.4) is 0 Å². The standard InChI is InChI=1S/C28H26N2O4S/c1-18-13-19(2)15-23(14-18)30-26(31)25(16-20-7-11-24(33-3)12-8-20)29-28(30)35-17-21-5-9-22(10-6-21)27(32)34-4/h5-16H,17H2,1-4H3/b25-16-. The Morgan fingerprint density at radius 3 is 2.23 bits per heavy atom. The second-order valence-corrected chi connectivity index (χ2v) is 9.10. The molecule has 1 heterocycles. The normalized spacial score (nSPS) is 14.3. The number of aryl methyl sites for hydroxylation is 2. The highest BCUT2D eigenvalue weighted by molar-refractivity contribution is 8.13. The average Bonchev–Trinajstić information content (AvgIpc) is 3.17. The lowest BCUT2D eigenvalue weighted by molar-refractivity contribution is -0.113. The van der Waals surface area contributed by atoms with Crippen LogP contribution in [0.2, 0.25) is 0 Å². The van der Waals surface area contributed by atoms with Gasteiger partial charge in [-0.1, -0.05) is 42.1 Å². The fourth-order valence-corrected chi connectivity index (χ4v) is 4.73. The van der Waals surface area contributed by atoms with Crippen LogP contribution in [-0.2, 0) is 15.3 Å². The molecule has 0 spiro atoms. The number of esters is 1. The van der Waals surface area contributed by atoms with Crippen LogP contribution in [0.1, 0.15) is 32.6 Å². The van der Waals surface area contributed by atoms with Crippen molar-refractivity contribution < 1.29 is 19.1 Å². The number of thioether (sulfide) groups is 1. The molecule has 0 bridgehead atoms. The SMILES string of the molecule is COC(=O)c1ccc(CSC2=N/C(=C\c3ccc(OC)cc3)C(=O)N2c2cc(C)cc(C)c2)cc1. The molecule has 3 aromatic carbocycles. The van der Waals surface area contributed by atoms with Gasteiger partial charge in [0.05, 0.1) is 25.5 Å².